The van der Waals surface area contributed by atoms with Gasteiger partial charge in [0.25, 0.3) is 0 Å². The molecule has 1 aromatic carbocycles. The summed E-state index contributed by atoms with van der Waals surface area (Å²) in [5.74, 6) is 3.78. The first-order chi connectivity index (χ1) is 7.81. The van der Waals surface area contributed by atoms with Crippen LogP contribution in [0.3, 0.4) is 0 Å². The van der Waals surface area contributed by atoms with Gasteiger partial charge in [0.05, 0.1) is 6.61 Å². The number of fused-ring (bicyclic) bond motifs is 1. The molecule has 2 atom stereocenters. The maximum atomic E-state index is 5.90. The van der Waals surface area contributed by atoms with Crippen molar-refractivity contribution in [2.45, 2.75) is 25.3 Å². The van der Waals surface area contributed by atoms with Crippen LogP contribution in [0.1, 0.15) is 24.8 Å². The molecule has 0 radical (unpaired) electrons. The molecule has 0 fully saturated rings. The highest BCUT2D eigenvalue weighted by atomic mass is 32.2. The molecule has 0 bridgehead atoms. The van der Waals surface area contributed by atoms with E-state index in [0.29, 0.717) is 12.0 Å². The van der Waals surface area contributed by atoms with Crippen molar-refractivity contribution in [3.05, 3.63) is 29.8 Å². The predicted molar refractivity (Wildman–Crippen MR) is 70.3 cm³/mol. The van der Waals surface area contributed by atoms with Crippen LogP contribution in [0.5, 0.6) is 5.75 Å². The van der Waals surface area contributed by atoms with Gasteiger partial charge in [-0.25, -0.2) is 0 Å². The van der Waals surface area contributed by atoms with E-state index in [2.05, 4.69) is 25.1 Å². The predicted octanol–water partition coefficient (Wildman–Crippen LogP) is 2.63. The Morgan fingerprint density at radius 3 is 3.12 bits per heavy atom. The van der Waals surface area contributed by atoms with Gasteiger partial charge in [-0.05, 0) is 12.5 Å². The van der Waals surface area contributed by atoms with Crippen molar-refractivity contribution in [1.29, 1.82) is 0 Å². The Morgan fingerprint density at radius 2 is 2.31 bits per heavy atom. The summed E-state index contributed by atoms with van der Waals surface area (Å²) < 4.78 is 5.65. The lowest BCUT2D eigenvalue weighted by Gasteiger charge is -2.11. The fourth-order valence-corrected chi connectivity index (χ4v) is 3.08. The minimum Gasteiger partial charge on any atom is -0.493 e. The quantitative estimate of drug-likeness (QED) is 0.855. The molecule has 2 rings (SSSR count). The van der Waals surface area contributed by atoms with Gasteiger partial charge in [0.2, 0.25) is 0 Å². The first kappa shape index (κ1) is 11.8. The van der Waals surface area contributed by atoms with Crippen molar-refractivity contribution in [3.63, 3.8) is 0 Å². The fraction of sp³-hybridized carbons (Fsp3) is 0.538. The Kier molecular flexibility index (Phi) is 4.13. The number of benzene rings is 1. The number of hydrogen-bond acceptors (Lipinski definition) is 3. The molecule has 2 nitrogen and oxygen atoms in total. The van der Waals surface area contributed by atoms with Crippen LogP contribution in [0.4, 0.5) is 0 Å². The molecular weight excluding hydrogens is 218 g/mol. The van der Waals surface area contributed by atoms with Crippen molar-refractivity contribution in [2.75, 3.05) is 18.1 Å². The number of rotatable bonds is 5. The summed E-state index contributed by atoms with van der Waals surface area (Å²) >= 11 is 1.94. The highest BCUT2D eigenvalue weighted by molar-refractivity contribution is 7.99. The van der Waals surface area contributed by atoms with Crippen molar-refractivity contribution in [2.24, 2.45) is 5.73 Å². The highest BCUT2D eigenvalue weighted by Gasteiger charge is 2.23. The van der Waals surface area contributed by atoms with Gasteiger partial charge in [0.15, 0.2) is 0 Å². The molecule has 0 amide bonds. The van der Waals surface area contributed by atoms with E-state index in [4.69, 9.17) is 10.5 Å². The van der Waals surface area contributed by atoms with E-state index in [1.165, 1.54) is 5.56 Å². The maximum absolute atomic E-state index is 5.90. The molecule has 1 aliphatic heterocycles. The molecule has 0 aliphatic carbocycles. The largest absolute Gasteiger partial charge is 0.493 e. The Balaban J connectivity index is 1.84. The monoisotopic (exact) mass is 237 g/mol. The van der Waals surface area contributed by atoms with Gasteiger partial charge in [-0.3, -0.25) is 0 Å². The number of thioether (sulfide) groups is 1. The summed E-state index contributed by atoms with van der Waals surface area (Å²) in [7, 11) is 0. The van der Waals surface area contributed by atoms with E-state index < -0.39 is 0 Å². The summed E-state index contributed by atoms with van der Waals surface area (Å²) in [6, 6.07) is 8.68. The molecule has 88 valence electrons. The number of hydrogen-bond donors (Lipinski definition) is 1. The second-order valence-electron chi connectivity index (χ2n) is 4.25. The van der Waals surface area contributed by atoms with Gasteiger partial charge in [-0.2, -0.15) is 11.8 Å². The third kappa shape index (κ3) is 2.71. The lowest BCUT2D eigenvalue weighted by molar-refractivity contribution is 0.338. The van der Waals surface area contributed by atoms with Crippen LogP contribution in [0.15, 0.2) is 24.3 Å². The normalized spacial score (nSPS) is 20.2. The van der Waals surface area contributed by atoms with E-state index in [1.54, 1.807) is 0 Å². The smallest absolute Gasteiger partial charge is 0.122 e. The van der Waals surface area contributed by atoms with Gasteiger partial charge < -0.3 is 10.5 Å². The van der Waals surface area contributed by atoms with Crippen LogP contribution < -0.4 is 10.5 Å². The Labute approximate surface area is 102 Å². The highest BCUT2D eigenvalue weighted by Crippen LogP contribution is 2.35. The second-order valence-corrected chi connectivity index (χ2v) is 5.33. The first-order valence-electron chi connectivity index (χ1n) is 5.86. The average Bonchev–Trinajstić information content (AvgIpc) is 2.73. The van der Waals surface area contributed by atoms with Gasteiger partial charge in [-0.1, -0.05) is 25.1 Å². The van der Waals surface area contributed by atoms with Crippen LogP contribution in [-0.2, 0) is 0 Å². The van der Waals surface area contributed by atoms with Gasteiger partial charge >= 0.3 is 0 Å². The third-order valence-corrected chi connectivity index (χ3v) is 4.28. The van der Waals surface area contributed by atoms with Gasteiger partial charge in [0, 0.05) is 29.0 Å². The Hall–Kier alpha value is -0.670. The lowest BCUT2D eigenvalue weighted by atomic mass is 10.0. The summed E-state index contributed by atoms with van der Waals surface area (Å²) in [4.78, 5) is 0. The zero-order valence-corrected chi connectivity index (χ0v) is 10.5. The fourth-order valence-electron chi connectivity index (χ4n) is 1.85. The summed E-state index contributed by atoms with van der Waals surface area (Å²) in [5.41, 5.74) is 7.26. The van der Waals surface area contributed by atoms with Crippen LogP contribution in [0.2, 0.25) is 0 Å². The van der Waals surface area contributed by atoms with Crippen LogP contribution in [0, 0.1) is 0 Å². The minimum atomic E-state index is 0.336. The van der Waals surface area contributed by atoms with E-state index in [0.717, 1.165) is 30.3 Å². The molecule has 2 unspecified atom stereocenters. The molecule has 1 heterocycles. The maximum Gasteiger partial charge on any atom is 0.122 e. The summed E-state index contributed by atoms with van der Waals surface area (Å²) in [5, 5.41) is 0. The standard InChI is InChI=1S/C13H19NOS/c1-2-11(14)9-16-8-10-7-15-13-6-4-3-5-12(10)13/h3-6,10-11H,2,7-9,14H2,1H3. The number of ether oxygens (including phenoxy) is 1. The molecule has 2 N–H and O–H groups in total. The topological polar surface area (TPSA) is 35.2 Å². The molecule has 0 aromatic heterocycles. The van der Waals surface area contributed by atoms with E-state index in [9.17, 15) is 0 Å². The lowest BCUT2D eigenvalue weighted by Crippen LogP contribution is -2.22. The summed E-state index contributed by atoms with van der Waals surface area (Å²) in [6.07, 6.45) is 1.06. The zero-order valence-electron chi connectivity index (χ0n) is 9.69. The minimum absolute atomic E-state index is 0.336. The van der Waals surface area contributed by atoms with E-state index in [1.807, 2.05) is 17.8 Å². The second kappa shape index (κ2) is 5.60. The van der Waals surface area contributed by atoms with E-state index in [-0.39, 0.29) is 0 Å². The molecule has 16 heavy (non-hydrogen) atoms. The molecular formula is C13H19NOS. The van der Waals surface area contributed by atoms with Crippen LogP contribution in [-0.4, -0.2) is 24.2 Å². The van der Waals surface area contributed by atoms with Crippen LogP contribution >= 0.6 is 11.8 Å². The third-order valence-electron chi connectivity index (χ3n) is 2.97. The number of nitrogens with two attached hydrogens (primary N) is 1. The average molecular weight is 237 g/mol. The van der Waals surface area contributed by atoms with E-state index >= 15 is 0 Å². The van der Waals surface area contributed by atoms with Crippen molar-refractivity contribution >= 4 is 11.8 Å². The zero-order chi connectivity index (χ0) is 11.4. The molecule has 0 saturated carbocycles. The molecule has 0 spiro atoms. The van der Waals surface area contributed by atoms with Crippen molar-refractivity contribution in [1.82, 2.24) is 0 Å². The van der Waals surface area contributed by atoms with Gasteiger partial charge in [-0.15, -0.1) is 0 Å². The van der Waals surface area contributed by atoms with Crippen LogP contribution in [0.25, 0.3) is 0 Å². The summed E-state index contributed by atoms with van der Waals surface area (Å²) in [6.45, 7) is 2.97. The Bertz CT molecular complexity index is 342. The number of para-hydroxylation sites is 1. The molecule has 1 aromatic rings. The van der Waals surface area contributed by atoms with Crippen molar-refractivity contribution in [3.8, 4) is 5.75 Å². The first-order valence-corrected chi connectivity index (χ1v) is 7.01. The molecule has 3 heteroatoms. The molecule has 0 saturated heterocycles. The van der Waals surface area contributed by atoms with Gasteiger partial charge in [0.1, 0.15) is 5.75 Å². The Morgan fingerprint density at radius 1 is 1.50 bits per heavy atom. The van der Waals surface area contributed by atoms with Crippen molar-refractivity contribution < 1.29 is 4.74 Å². The molecule has 1 aliphatic rings. The SMILES string of the molecule is CCC(N)CSCC1COc2ccccc21.